The van der Waals surface area contributed by atoms with E-state index in [2.05, 4.69) is 19.7 Å². The number of carbonyl (C=O) groups is 2. The number of nitrogens with two attached hydrogens (primary N) is 2. The van der Waals surface area contributed by atoms with Gasteiger partial charge in [0.2, 0.25) is 5.96 Å². The quantitative estimate of drug-likeness (QED) is 0.0863. The van der Waals surface area contributed by atoms with Crippen molar-refractivity contribution in [1.82, 2.24) is 4.72 Å². The smallest absolute Gasteiger partial charge is 0.493 e. The largest absolute Gasteiger partial charge is 0.495 e. The highest BCUT2D eigenvalue weighted by Crippen LogP contribution is 2.35. The molecule has 228 valence electrons. The topological polar surface area (TPSA) is 182 Å². The van der Waals surface area contributed by atoms with Gasteiger partial charge < -0.3 is 21.0 Å². The van der Waals surface area contributed by atoms with Crippen LogP contribution in [0.1, 0.15) is 17.5 Å². The fourth-order valence-electron chi connectivity index (χ4n) is 3.42. The van der Waals surface area contributed by atoms with Crippen LogP contribution < -0.4 is 20.9 Å². The molecule has 0 saturated carbocycles. The van der Waals surface area contributed by atoms with Gasteiger partial charge in [0.15, 0.2) is 0 Å². The van der Waals surface area contributed by atoms with Crippen molar-refractivity contribution in [3.8, 4) is 5.75 Å². The van der Waals surface area contributed by atoms with Gasteiger partial charge in [0.1, 0.15) is 22.6 Å². The lowest BCUT2D eigenvalue weighted by Gasteiger charge is -2.17. The number of fused-ring (bicyclic) bond motifs is 1. The Morgan fingerprint density at radius 1 is 1.10 bits per heavy atom. The van der Waals surface area contributed by atoms with E-state index in [1.807, 2.05) is 0 Å². The molecule has 0 radical (unpaired) electrons. The van der Waals surface area contributed by atoms with Crippen molar-refractivity contribution in [2.45, 2.75) is 36.2 Å². The number of aryl methyl sites for hydroxylation is 1. The molecule has 0 aliphatic heterocycles. The first-order valence-electron chi connectivity index (χ1n) is 11.8. The summed E-state index contributed by atoms with van der Waals surface area (Å²) in [7, 11) is -4.43. The van der Waals surface area contributed by atoms with Crippen LogP contribution in [-0.2, 0) is 40.6 Å². The summed E-state index contributed by atoms with van der Waals surface area (Å²) < 4.78 is 72.3. The van der Waals surface area contributed by atoms with Crippen molar-refractivity contribution >= 4 is 60.9 Å². The third-order valence-electron chi connectivity index (χ3n) is 5.29. The van der Waals surface area contributed by atoms with Crippen molar-refractivity contribution in [3.05, 3.63) is 58.6 Å². The number of rotatable bonds is 12. The Kier molecular flexibility index (Phi) is 10.8. The minimum atomic E-state index is -5.45. The Morgan fingerprint density at radius 2 is 1.79 bits per heavy atom. The molecule has 5 N–H and O–H groups in total. The Hall–Kier alpha value is -3.80. The van der Waals surface area contributed by atoms with Crippen molar-refractivity contribution in [2.24, 2.45) is 16.6 Å². The molecule has 0 saturated heterocycles. The molecular formula is C24H24ClF3N4O8S2. The number of carbonyl (C=O) groups excluding carboxylic acids is 2. The van der Waals surface area contributed by atoms with Crippen molar-refractivity contribution in [3.63, 3.8) is 0 Å². The average molecular weight is 653 g/mol. The van der Waals surface area contributed by atoms with Gasteiger partial charge in [-0.2, -0.15) is 17.9 Å². The van der Waals surface area contributed by atoms with Crippen LogP contribution in [-0.4, -0.2) is 51.7 Å². The minimum absolute atomic E-state index is 0.155. The molecule has 12 nitrogen and oxygen atoms in total. The fraction of sp³-hybridized carbons (Fsp3) is 0.292. The second kappa shape index (κ2) is 13.9. The number of halogens is 4. The summed E-state index contributed by atoms with van der Waals surface area (Å²) in [4.78, 5) is 36.2. The fourth-order valence-corrected chi connectivity index (χ4v) is 6.54. The number of nitrogens with zero attached hydrogens (tertiary/aromatic N) is 1. The molecule has 0 aliphatic rings. The van der Waals surface area contributed by atoms with Crippen LogP contribution in [0, 0.1) is 6.92 Å². The molecule has 0 spiro atoms. The molecule has 1 atom stereocenters. The van der Waals surface area contributed by atoms with E-state index in [1.165, 1.54) is 31.2 Å². The van der Waals surface area contributed by atoms with Gasteiger partial charge in [-0.15, -0.1) is 11.3 Å². The standard InChI is InChI=1S/C24H24ClF3N4O8S2/c1-13-17-12-15(25)5-8-19(17)41-21(13)42(35,36)32-18(20(33)39-40-22(34)24(26,27)28)11-14-3-6-16(7-4-14)37-9-2-10-38-31-23(29)30/h3-8,12,18,32H,2,9-11H2,1H3,(H4,29,30,31)/t18-/m0/s1. The van der Waals surface area contributed by atoms with E-state index in [0.717, 1.165) is 11.3 Å². The molecular weight excluding hydrogens is 629 g/mol. The van der Waals surface area contributed by atoms with Gasteiger partial charge in [-0.25, -0.2) is 27.8 Å². The number of nitrogens with one attached hydrogen (secondary N) is 1. The van der Waals surface area contributed by atoms with E-state index in [9.17, 15) is 31.2 Å². The van der Waals surface area contributed by atoms with Crippen LogP contribution in [0.4, 0.5) is 13.2 Å². The summed E-state index contributed by atoms with van der Waals surface area (Å²) in [5, 5.41) is 4.30. The lowest BCUT2D eigenvalue weighted by atomic mass is 10.1. The third kappa shape index (κ3) is 9.10. The summed E-state index contributed by atoms with van der Waals surface area (Å²) >= 11 is 6.92. The third-order valence-corrected chi connectivity index (χ3v) is 8.89. The maximum Gasteiger partial charge on any atom is 0.495 e. The predicted molar refractivity (Wildman–Crippen MR) is 146 cm³/mol. The second-order valence-electron chi connectivity index (χ2n) is 8.50. The van der Waals surface area contributed by atoms with Crippen LogP contribution in [0.25, 0.3) is 10.1 Å². The summed E-state index contributed by atoms with van der Waals surface area (Å²) in [6.07, 6.45) is -5.39. The van der Waals surface area contributed by atoms with E-state index in [-0.39, 0.29) is 29.8 Å². The van der Waals surface area contributed by atoms with Crippen molar-refractivity contribution in [1.29, 1.82) is 0 Å². The number of hydrogen-bond donors (Lipinski definition) is 3. The molecule has 3 aromatic rings. The summed E-state index contributed by atoms with van der Waals surface area (Å²) in [6, 6.07) is 9.01. The van der Waals surface area contributed by atoms with Crippen LogP contribution in [0.15, 0.2) is 51.8 Å². The van der Waals surface area contributed by atoms with E-state index >= 15 is 0 Å². The number of sulfonamides is 1. The number of ether oxygens (including phenoxy) is 1. The maximum absolute atomic E-state index is 13.3. The predicted octanol–water partition coefficient (Wildman–Crippen LogP) is 3.29. The average Bonchev–Trinajstić information content (AvgIpc) is 3.25. The van der Waals surface area contributed by atoms with E-state index in [0.29, 0.717) is 38.4 Å². The van der Waals surface area contributed by atoms with E-state index in [1.54, 1.807) is 18.2 Å². The Bertz CT molecular complexity index is 1560. The second-order valence-corrected chi connectivity index (χ2v) is 11.9. The van der Waals surface area contributed by atoms with Gasteiger partial charge in [-0.05, 0) is 65.3 Å². The van der Waals surface area contributed by atoms with Gasteiger partial charge in [-0.1, -0.05) is 23.7 Å². The highest BCUT2D eigenvalue weighted by Gasteiger charge is 2.43. The molecule has 1 heterocycles. The van der Waals surface area contributed by atoms with Crippen LogP contribution in [0.5, 0.6) is 5.75 Å². The molecule has 0 unspecified atom stereocenters. The Balaban J connectivity index is 1.76. The molecule has 18 heteroatoms. The maximum atomic E-state index is 13.3. The van der Waals surface area contributed by atoms with Crippen LogP contribution in [0.3, 0.4) is 0 Å². The monoisotopic (exact) mass is 652 g/mol. The molecule has 3 rings (SSSR count). The van der Waals surface area contributed by atoms with E-state index < -0.39 is 34.2 Å². The lowest BCUT2D eigenvalue weighted by Crippen LogP contribution is -2.44. The first kappa shape index (κ1) is 32.7. The molecule has 0 aliphatic carbocycles. The van der Waals surface area contributed by atoms with Gasteiger partial charge in [0.25, 0.3) is 10.0 Å². The zero-order chi connectivity index (χ0) is 31.1. The summed E-state index contributed by atoms with van der Waals surface area (Å²) in [5.41, 5.74) is 11.0. The molecule has 2 aromatic carbocycles. The first-order valence-corrected chi connectivity index (χ1v) is 14.5. The van der Waals surface area contributed by atoms with Gasteiger partial charge >= 0.3 is 18.1 Å². The number of alkyl halides is 3. The first-order chi connectivity index (χ1) is 19.7. The normalized spacial score (nSPS) is 12.4. The Morgan fingerprint density at radius 3 is 2.43 bits per heavy atom. The molecule has 42 heavy (non-hydrogen) atoms. The van der Waals surface area contributed by atoms with Gasteiger partial charge in [0.05, 0.1) is 6.61 Å². The summed E-state index contributed by atoms with van der Waals surface area (Å²) in [6.45, 7) is 1.96. The lowest BCUT2D eigenvalue weighted by molar-refractivity contribution is -0.286. The zero-order valence-corrected chi connectivity index (χ0v) is 24.0. The van der Waals surface area contributed by atoms with Crippen molar-refractivity contribution in [2.75, 3.05) is 13.2 Å². The minimum Gasteiger partial charge on any atom is -0.493 e. The molecule has 0 fully saturated rings. The highest BCUT2D eigenvalue weighted by molar-refractivity contribution is 7.91. The van der Waals surface area contributed by atoms with E-state index in [4.69, 9.17) is 32.6 Å². The molecule has 0 bridgehead atoms. The Labute approximate surface area is 246 Å². The van der Waals surface area contributed by atoms with Gasteiger partial charge in [0, 0.05) is 16.1 Å². The summed E-state index contributed by atoms with van der Waals surface area (Å²) in [5.74, 6) is -4.18. The number of thiophene rings is 1. The SMILES string of the molecule is Cc1c(S(=O)(=O)N[C@@H](Cc2ccc(OCCCON=C(N)N)cc2)C(=O)OOC(=O)C(F)(F)F)sc2ccc(Cl)cc12. The van der Waals surface area contributed by atoms with Gasteiger partial charge in [-0.3, -0.25) is 0 Å². The highest BCUT2D eigenvalue weighted by atomic mass is 35.5. The number of benzene rings is 2. The zero-order valence-electron chi connectivity index (χ0n) is 21.6. The number of guanidine groups is 1. The molecule has 1 aromatic heterocycles. The molecule has 0 amide bonds. The van der Waals surface area contributed by atoms with Crippen LogP contribution in [0.2, 0.25) is 5.02 Å². The number of oxime groups is 1. The number of hydrogen-bond acceptors (Lipinski definition) is 10. The van der Waals surface area contributed by atoms with Crippen molar-refractivity contribution < 1.29 is 50.5 Å². The van der Waals surface area contributed by atoms with Crippen LogP contribution >= 0.6 is 22.9 Å².